The molecule has 2 aromatic rings. The first kappa shape index (κ1) is 14.0. The third kappa shape index (κ3) is 4.62. The van der Waals surface area contributed by atoms with Crippen LogP contribution < -0.4 is 4.74 Å². The van der Waals surface area contributed by atoms with Gasteiger partial charge in [0, 0.05) is 10.6 Å². The number of aliphatic hydroxyl groups excluding tert-OH is 1. The molecule has 0 fully saturated rings. The first-order valence-electron chi connectivity index (χ1n) is 6.34. The summed E-state index contributed by atoms with van der Waals surface area (Å²) in [6.45, 7) is 2.43. The fourth-order valence-corrected chi connectivity index (χ4v) is 2.43. The lowest BCUT2D eigenvalue weighted by Crippen LogP contribution is -2.00. The maximum Gasteiger partial charge on any atom is 0.119 e. The summed E-state index contributed by atoms with van der Waals surface area (Å²) in [5.41, 5.74) is 0.908. The van der Waals surface area contributed by atoms with Gasteiger partial charge in [-0.1, -0.05) is 30.3 Å². The van der Waals surface area contributed by atoms with Crippen LogP contribution >= 0.6 is 11.8 Å². The average Bonchev–Trinajstić information content (AvgIpc) is 2.45. The van der Waals surface area contributed by atoms with E-state index in [0.29, 0.717) is 6.61 Å². The highest BCUT2D eigenvalue weighted by molar-refractivity contribution is 7.99. The van der Waals surface area contributed by atoms with Crippen LogP contribution in [0, 0.1) is 0 Å². The molecular weight excluding hydrogens is 256 g/mol. The van der Waals surface area contributed by atoms with Gasteiger partial charge >= 0.3 is 0 Å². The van der Waals surface area contributed by atoms with Gasteiger partial charge in [-0.2, -0.15) is 0 Å². The van der Waals surface area contributed by atoms with Crippen LogP contribution in [0.2, 0.25) is 0 Å². The normalized spacial score (nSPS) is 12.1. The van der Waals surface area contributed by atoms with Gasteiger partial charge in [0.15, 0.2) is 0 Å². The zero-order chi connectivity index (χ0) is 13.5. The smallest absolute Gasteiger partial charge is 0.119 e. The topological polar surface area (TPSA) is 29.5 Å². The van der Waals surface area contributed by atoms with Crippen molar-refractivity contribution in [2.45, 2.75) is 17.9 Å². The van der Waals surface area contributed by atoms with Gasteiger partial charge in [0.2, 0.25) is 0 Å². The molecule has 0 aliphatic carbocycles. The van der Waals surface area contributed by atoms with E-state index in [1.807, 2.05) is 42.5 Å². The summed E-state index contributed by atoms with van der Waals surface area (Å²) in [7, 11) is 0. The van der Waals surface area contributed by atoms with Crippen LogP contribution in [0.3, 0.4) is 0 Å². The van der Waals surface area contributed by atoms with Crippen LogP contribution in [-0.4, -0.2) is 17.5 Å². The number of hydrogen-bond acceptors (Lipinski definition) is 3. The zero-order valence-corrected chi connectivity index (χ0v) is 11.8. The number of ether oxygens (including phenoxy) is 1. The van der Waals surface area contributed by atoms with Crippen LogP contribution in [0.1, 0.15) is 18.6 Å². The highest BCUT2D eigenvalue weighted by atomic mass is 32.2. The SMILES string of the molecule is C[C@@H](O)c1ccc(OCCSc2ccccc2)cc1. The maximum atomic E-state index is 9.41. The summed E-state index contributed by atoms with van der Waals surface area (Å²) < 4.78 is 5.66. The fraction of sp³-hybridized carbons (Fsp3) is 0.250. The quantitative estimate of drug-likeness (QED) is 0.639. The Balaban J connectivity index is 1.74. The van der Waals surface area contributed by atoms with Crippen LogP contribution in [0.25, 0.3) is 0 Å². The Morgan fingerprint density at radius 1 is 1.05 bits per heavy atom. The van der Waals surface area contributed by atoms with Gasteiger partial charge < -0.3 is 9.84 Å². The van der Waals surface area contributed by atoms with Gasteiger partial charge in [0.05, 0.1) is 12.7 Å². The minimum atomic E-state index is -0.428. The Hall–Kier alpha value is -1.45. The molecule has 1 N–H and O–H groups in total. The summed E-state index contributed by atoms with van der Waals surface area (Å²) in [5.74, 6) is 1.76. The van der Waals surface area contributed by atoms with E-state index in [2.05, 4.69) is 12.1 Å². The number of hydrogen-bond donors (Lipinski definition) is 1. The maximum absolute atomic E-state index is 9.41. The van der Waals surface area contributed by atoms with E-state index < -0.39 is 6.10 Å². The molecule has 0 spiro atoms. The molecule has 0 radical (unpaired) electrons. The molecule has 0 aliphatic heterocycles. The molecule has 2 aromatic carbocycles. The monoisotopic (exact) mass is 274 g/mol. The van der Waals surface area contributed by atoms with Crippen molar-refractivity contribution in [3.63, 3.8) is 0 Å². The summed E-state index contributed by atoms with van der Waals surface area (Å²) >= 11 is 1.78. The molecule has 3 heteroatoms. The van der Waals surface area contributed by atoms with Crippen LogP contribution in [0.15, 0.2) is 59.5 Å². The first-order valence-corrected chi connectivity index (χ1v) is 7.33. The molecule has 0 saturated carbocycles. The first-order chi connectivity index (χ1) is 9.25. The molecule has 1 atom stereocenters. The number of thioether (sulfide) groups is 1. The largest absolute Gasteiger partial charge is 0.493 e. The molecule has 100 valence electrons. The van der Waals surface area contributed by atoms with Crippen molar-refractivity contribution in [1.82, 2.24) is 0 Å². The highest BCUT2D eigenvalue weighted by Crippen LogP contribution is 2.19. The Kier molecular flexibility index (Phi) is 5.31. The van der Waals surface area contributed by atoms with E-state index in [1.165, 1.54) is 4.90 Å². The molecule has 0 heterocycles. The molecule has 0 aliphatic rings. The van der Waals surface area contributed by atoms with Crippen molar-refractivity contribution in [3.8, 4) is 5.75 Å². The lowest BCUT2D eigenvalue weighted by molar-refractivity contribution is 0.199. The Morgan fingerprint density at radius 2 is 1.74 bits per heavy atom. The second kappa shape index (κ2) is 7.22. The summed E-state index contributed by atoms with van der Waals surface area (Å²) in [6.07, 6.45) is -0.428. The molecule has 0 unspecified atom stereocenters. The zero-order valence-electron chi connectivity index (χ0n) is 11.0. The number of benzene rings is 2. The predicted molar refractivity (Wildman–Crippen MR) is 79.7 cm³/mol. The molecule has 0 amide bonds. The summed E-state index contributed by atoms with van der Waals surface area (Å²) in [4.78, 5) is 1.26. The molecule has 0 aromatic heterocycles. The second-order valence-corrected chi connectivity index (χ2v) is 5.42. The molecular formula is C16H18O2S. The van der Waals surface area contributed by atoms with Gasteiger partial charge in [0.1, 0.15) is 5.75 Å². The van der Waals surface area contributed by atoms with E-state index in [-0.39, 0.29) is 0 Å². The van der Waals surface area contributed by atoms with E-state index in [0.717, 1.165) is 17.1 Å². The third-order valence-corrected chi connectivity index (χ3v) is 3.70. The standard InChI is InChI=1S/C16H18O2S/c1-13(17)14-7-9-15(10-8-14)18-11-12-19-16-5-3-2-4-6-16/h2-10,13,17H,11-12H2,1H3/t13-/m1/s1. The number of aliphatic hydroxyl groups is 1. The molecule has 19 heavy (non-hydrogen) atoms. The van der Waals surface area contributed by atoms with Crippen molar-refractivity contribution in [3.05, 3.63) is 60.2 Å². The molecule has 2 nitrogen and oxygen atoms in total. The lowest BCUT2D eigenvalue weighted by atomic mass is 10.1. The van der Waals surface area contributed by atoms with Gasteiger partial charge in [-0.3, -0.25) is 0 Å². The Bertz CT molecular complexity index is 480. The van der Waals surface area contributed by atoms with Crippen LogP contribution in [-0.2, 0) is 0 Å². The molecule has 0 bridgehead atoms. The van der Waals surface area contributed by atoms with Crippen molar-refractivity contribution in [2.75, 3.05) is 12.4 Å². The van der Waals surface area contributed by atoms with Gasteiger partial charge in [-0.05, 0) is 36.8 Å². The third-order valence-electron chi connectivity index (χ3n) is 2.73. The Labute approximate surface area is 118 Å². The fourth-order valence-electron chi connectivity index (χ4n) is 1.68. The van der Waals surface area contributed by atoms with Crippen molar-refractivity contribution < 1.29 is 9.84 Å². The molecule has 0 saturated heterocycles. The minimum Gasteiger partial charge on any atom is -0.493 e. The van der Waals surface area contributed by atoms with E-state index in [9.17, 15) is 5.11 Å². The van der Waals surface area contributed by atoms with E-state index in [1.54, 1.807) is 18.7 Å². The van der Waals surface area contributed by atoms with Gasteiger partial charge in [-0.25, -0.2) is 0 Å². The van der Waals surface area contributed by atoms with E-state index in [4.69, 9.17) is 4.74 Å². The van der Waals surface area contributed by atoms with Crippen molar-refractivity contribution in [1.29, 1.82) is 0 Å². The average molecular weight is 274 g/mol. The molecule has 2 rings (SSSR count). The minimum absolute atomic E-state index is 0.428. The van der Waals surface area contributed by atoms with Crippen molar-refractivity contribution >= 4 is 11.8 Å². The van der Waals surface area contributed by atoms with Gasteiger partial charge in [0.25, 0.3) is 0 Å². The summed E-state index contributed by atoms with van der Waals surface area (Å²) in [5, 5.41) is 9.41. The highest BCUT2D eigenvalue weighted by Gasteiger charge is 2.00. The lowest BCUT2D eigenvalue weighted by Gasteiger charge is -2.08. The van der Waals surface area contributed by atoms with Crippen LogP contribution in [0.5, 0.6) is 5.75 Å². The van der Waals surface area contributed by atoms with Crippen LogP contribution in [0.4, 0.5) is 0 Å². The predicted octanol–water partition coefficient (Wildman–Crippen LogP) is 3.91. The van der Waals surface area contributed by atoms with Gasteiger partial charge in [-0.15, -0.1) is 11.8 Å². The summed E-state index contributed by atoms with van der Waals surface area (Å²) in [6, 6.07) is 17.9. The van der Waals surface area contributed by atoms with E-state index >= 15 is 0 Å². The Morgan fingerprint density at radius 3 is 2.37 bits per heavy atom. The second-order valence-electron chi connectivity index (χ2n) is 4.25. The van der Waals surface area contributed by atoms with Crippen molar-refractivity contribution in [2.24, 2.45) is 0 Å². The number of rotatable bonds is 6.